The SMILES string of the molecule is Cc1cccc(NC(=S)NC[C@@H](c2cccs2)[NH+]2CC[NH+](C)CC2)c1. The summed E-state index contributed by atoms with van der Waals surface area (Å²) in [4.78, 5) is 4.75. The lowest BCUT2D eigenvalue weighted by atomic mass is 10.1. The van der Waals surface area contributed by atoms with Crippen molar-refractivity contribution in [3.05, 3.63) is 52.2 Å². The normalized spacial score (nSPS) is 21.5. The van der Waals surface area contributed by atoms with Crippen molar-refractivity contribution < 1.29 is 9.80 Å². The van der Waals surface area contributed by atoms with Crippen LogP contribution in [0, 0.1) is 6.92 Å². The number of aryl methyl sites for hydroxylation is 1. The fourth-order valence-electron chi connectivity index (χ4n) is 3.37. The Morgan fingerprint density at radius 1 is 1.20 bits per heavy atom. The number of anilines is 1. The highest BCUT2D eigenvalue weighted by molar-refractivity contribution is 7.80. The van der Waals surface area contributed by atoms with E-state index < -0.39 is 0 Å². The number of likely N-dealkylation sites (N-methyl/N-ethyl adjacent to an activating group) is 1. The molecule has 1 aliphatic rings. The Kier molecular flexibility index (Phi) is 6.42. The molecule has 1 aromatic heterocycles. The van der Waals surface area contributed by atoms with Crippen molar-refractivity contribution in [2.45, 2.75) is 13.0 Å². The molecule has 0 saturated carbocycles. The average Bonchev–Trinajstić information content (AvgIpc) is 3.11. The summed E-state index contributed by atoms with van der Waals surface area (Å²) in [7, 11) is 2.29. The van der Waals surface area contributed by atoms with Crippen molar-refractivity contribution in [2.75, 3.05) is 45.1 Å². The van der Waals surface area contributed by atoms with Gasteiger partial charge in [0, 0.05) is 5.69 Å². The molecule has 0 spiro atoms. The van der Waals surface area contributed by atoms with Crippen molar-refractivity contribution in [2.24, 2.45) is 0 Å². The van der Waals surface area contributed by atoms with Gasteiger partial charge < -0.3 is 20.4 Å². The van der Waals surface area contributed by atoms with E-state index in [1.807, 2.05) is 23.5 Å². The molecular formula is C19H28N4S2+2. The van der Waals surface area contributed by atoms with Crippen LogP contribution in [0.3, 0.4) is 0 Å². The Bertz CT molecular complexity index is 678. The number of benzene rings is 1. The summed E-state index contributed by atoms with van der Waals surface area (Å²) >= 11 is 7.37. The minimum absolute atomic E-state index is 0.463. The summed E-state index contributed by atoms with van der Waals surface area (Å²) in [5.41, 5.74) is 2.27. The van der Waals surface area contributed by atoms with Crippen molar-refractivity contribution in [3.63, 3.8) is 0 Å². The van der Waals surface area contributed by atoms with Gasteiger partial charge in [0.2, 0.25) is 0 Å². The highest BCUT2D eigenvalue weighted by Gasteiger charge is 2.29. The second kappa shape index (κ2) is 8.76. The molecule has 134 valence electrons. The van der Waals surface area contributed by atoms with Gasteiger partial charge in [-0.15, -0.1) is 11.3 Å². The Morgan fingerprint density at radius 3 is 2.68 bits per heavy atom. The Labute approximate surface area is 159 Å². The molecule has 25 heavy (non-hydrogen) atoms. The molecule has 0 amide bonds. The molecular weight excluding hydrogens is 348 g/mol. The first-order valence-corrected chi connectivity index (χ1v) is 10.2. The molecule has 4 N–H and O–H groups in total. The van der Waals surface area contributed by atoms with Crippen molar-refractivity contribution in [1.29, 1.82) is 0 Å². The Morgan fingerprint density at radius 2 is 2.00 bits per heavy atom. The predicted octanol–water partition coefficient (Wildman–Crippen LogP) is 0.497. The molecule has 1 aliphatic heterocycles. The summed E-state index contributed by atoms with van der Waals surface area (Å²) in [6.45, 7) is 7.87. The van der Waals surface area contributed by atoms with Crippen LogP contribution in [0.2, 0.25) is 0 Å². The maximum Gasteiger partial charge on any atom is 0.171 e. The number of piperazine rings is 1. The van der Waals surface area contributed by atoms with Crippen LogP contribution in [0.5, 0.6) is 0 Å². The summed E-state index contributed by atoms with van der Waals surface area (Å²) in [5.74, 6) is 0. The second-order valence-electron chi connectivity index (χ2n) is 6.89. The van der Waals surface area contributed by atoms with Gasteiger partial charge in [0.05, 0.1) is 18.5 Å². The smallest absolute Gasteiger partial charge is 0.171 e. The van der Waals surface area contributed by atoms with E-state index in [9.17, 15) is 0 Å². The van der Waals surface area contributed by atoms with E-state index >= 15 is 0 Å². The van der Waals surface area contributed by atoms with Gasteiger partial charge in [-0.3, -0.25) is 0 Å². The molecule has 4 nitrogen and oxygen atoms in total. The minimum Gasteiger partial charge on any atom is -0.356 e. The highest BCUT2D eigenvalue weighted by atomic mass is 32.1. The van der Waals surface area contributed by atoms with Crippen molar-refractivity contribution in [3.8, 4) is 0 Å². The average molecular weight is 377 g/mol. The molecule has 3 rings (SSSR count). The number of nitrogens with one attached hydrogen (secondary N) is 4. The first-order valence-electron chi connectivity index (χ1n) is 8.92. The van der Waals surface area contributed by atoms with Gasteiger partial charge in [0.1, 0.15) is 32.2 Å². The fourth-order valence-corrected chi connectivity index (χ4v) is 4.46. The maximum atomic E-state index is 5.52. The first kappa shape index (κ1) is 18.3. The third-order valence-electron chi connectivity index (χ3n) is 4.87. The minimum atomic E-state index is 0.463. The van der Waals surface area contributed by atoms with E-state index in [0.717, 1.165) is 12.2 Å². The number of hydrogen-bond donors (Lipinski definition) is 4. The number of thiophene rings is 1. The Balaban J connectivity index is 1.59. The number of hydrogen-bond acceptors (Lipinski definition) is 2. The number of thiocarbonyl (C=S) groups is 1. The third kappa shape index (κ3) is 5.25. The summed E-state index contributed by atoms with van der Waals surface area (Å²) in [5, 5.41) is 9.62. The third-order valence-corrected chi connectivity index (χ3v) is 6.10. The van der Waals surface area contributed by atoms with Crippen LogP contribution in [0.15, 0.2) is 41.8 Å². The second-order valence-corrected chi connectivity index (χ2v) is 8.28. The van der Waals surface area contributed by atoms with E-state index in [1.54, 1.807) is 9.80 Å². The summed E-state index contributed by atoms with van der Waals surface area (Å²) < 4.78 is 0. The predicted molar refractivity (Wildman–Crippen MR) is 110 cm³/mol. The summed E-state index contributed by atoms with van der Waals surface area (Å²) in [6.07, 6.45) is 0. The molecule has 0 aliphatic carbocycles. The molecule has 1 fully saturated rings. The van der Waals surface area contributed by atoms with E-state index in [2.05, 4.69) is 54.3 Å². The molecule has 2 heterocycles. The van der Waals surface area contributed by atoms with Gasteiger partial charge in [-0.25, -0.2) is 0 Å². The van der Waals surface area contributed by atoms with Crippen molar-refractivity contribution in [1.82, 2.24) is 5.32 Å². The fraction of sp³-hybridized carbons (Fsp3) is 0.421. The first-order chi connectivity index (χ1) is 12.1. The molecule has 0 bridgehead atoms. The van der Waals surface area contributed by atoms with Crippen LogP contribution in [-0.4, -0.2) is 44.9 Å². The standard InChI is InChI=1S/C19H26N4S2/c1-15-5-3-6-16(13-15)21-19(24)20-14-17(18-7-4-12-25-18)23-10-8-22(2)9-11-23/h3-7,12-13,17H,8-11,14H2,1-2H3,(H2,20,21,24)/p+2/t17-/m0/s1. The van der Waals surface area contributed by atoms with Gasteiger partial charge >= 0.3 is 0 Å². The number of quaternary nitrogens is 2. The van der Waals surface area contributed by atoms with E-state index in [4.69, 9.17) is 12.2 Å². The zero-order valence-electron chi connectivity index (χ0n) is 15.0. The van der Waals surface area contributed by atoms with Crippen LogP contribution < -0.4 is 20.4 Å². The molecule has 0 radical (unpaired) electrons. The van der Waals surface area contributed by atoms with Gasteiger partial charge in [-0.1, -0.05) is 18.2 Å². The number of rotatable bonds is 5. The maximum absolute atomic E-state index is 5.52. The van der Waals surface area contributed by atoms with Crippen molar-refractivity contribution >= 4 is 34.4 Å². The molecule has 6 heteroatoms. The van der Waals surface area contributed by atoms with E-state index in [-0.39, 0.29) is 0 Å². The lowest BCUT2D eigenvalue weighted by Gasteiger charge is -2.33. The van der Waals surface area contributed by atoms with Gasteiger partial charge in [-0.05, 0) is 48.3 Å². The molecule has 1 saturated heterocycles. The lowest BCUT2D eigenvalue weighted by molar-refractivity contribution is -1.02. The molecule has 2 aromatic rings. The molecule has 0 unspecified atom stereocenters. The monoisotopic (exact) mass is 376 g/mol. The van der Waals surface area contributed by atoms with Gasteiger partial charge in [-0.2, -0.15) is 0 Å². The van der Waals surface area contributed by atoms with Crippen LogP contribution in [0.4, 0.5) is 5.69 Å². The van der Waals surface area contributed by atoms with Gasteiger partial charge in [0.15, 0.2) is 5.11 Å². The van der Waals surface area contributed by atoms with Gasteiger partial charge in [0.25, 0.3) is 0 Å². The topological polar surface area (TPSA) is 32.9 Å². The molecule has 1 atom stereocenters. The highest BCUT2D eigenvalue weighted by Crippen LogP contribution is 2.16. The quantitative estimate of drug-likeness (QED) is 0.574. The van der Waals surface area contributed by atoms with E-state index in [1.165, 1.54) is 36.6 Å². The zero-order chi connectivity index (χ0) is 17.6. The zero-order valence-corrected chi connectivity index (χ0v) is 16.6. The lowest BCUT2D eigenvalue weighted by Crippen LogP contribution is -3.27. The van der Waals surface area contributed by atoms with Crippen LogP contribution in [0.25, 0.3) is 0 Å². The van der Waals surface area contributed by atoms with Crippen LogP contribution in [-0.2, 0) is 0 Å². The molecule has 1 aromatic carbocycles. The van der Waals surface area contributed by atoms with E-state index in [0.29, 0.717) is 11.2 Å². The largest absolute Gasteiger partial charge is 0.356 e. The Hall–Kier alpha value is -1.47. The van der Waals surface area contributed by atoms with Crippen LogP contribution >= 0.6 is 23.6 Å². The van der Waals surface area contributed by atoms with Crippen LogP contribution in [0.1, 0.15) is 16.5 Å². The summed E-state index contributed by atoms with van der Waals surface area (Å²) in [6, 6.07) is 13.2.